The molecule has 0 aliphatic heterocycles. The van der Waals surface area contributed by atoms with Gasteiger partial charge in [-0.2, -0.15) is 13.2 Å². The SMILES string of the molecule is CC(C)c1ccc(OCc2csc(C(=O)Nc3cccc(C(F)(F)F)c3)c2)cc1. The van der Waals surface area contributed by atoms with Crippen molar-refractivity contribution in [1.82, 2.24) is 0 Å². The number of benzene rings is 2. The van der Waals surface area contributed by atoms with E-state index in [4.69, 9.17) is 4.74 Å². The molecule has 0 aliphatic rings. The summed E-state index contributed by atoms with van der Waals surface area (Å²) in [5.74, 6) is 0.719. The lowest BCUT2D eigenvalue weighted by Gasteiger charge is -2.09. The van der Waals surface area contributed by atoms with Gasteiger partial charge in [-0.25, -0.2) is 0 Å². The number of carbonyl (C=O) groups excluding carboxylic acids is 1. The number of hydrogen-bond donors (Lipinski definition) is 1. The van der Waals surface area contributed by atoms with Crippen molar-refractivity contribution >= 4 is 22.9 Å². The Bertz CT molecular complexity index is 978. The van der Waals surface area contributed by atoms with Crippen molar-refractivity contribution in [2.24, 2.45) is 0 Å². The molecule has 0 unspecified atom stereocenters. The summed E-state index contributed by atoms with van der Waals surface area (Å²) in [7, 11) is 0. The first-order valence-corrected chi connectivity index (χ1v) is 9.89. The van der Waals surface area contributed by atoms with Crippen LogP contribution in [0.5, 0.6) is 5.75 Å². The Morgan fingerprint density at radius 3 is 2.48 bits per heavy atom. The van der Waals surface area contributed by atoms with E-state index in [1.807, 2.05) is 24.3 Å². The van der Waals surface area contributed by atoms with E-state index in [9.17, 15) is 18.0 Å². The fraction of sp³-hybridized carbons (Fsp3) is 0.227. The zero-order chi connectivity index (χ0) is 21.0. The van der Waals surface area contributed by atoms with Crippen molar-refractivity contribution in [3.63, 3.8) is 0 Å². The predicted molar refractivity (Wildman–Crippen MR) is 109 cm³/mol. The van der Waals surface area contributed by atoms with Gasteiger partial charge in [0.25, 0.3) is 5.91 Å². The van der Waals surface area contributed by atoms with Gasteiger partial charge in [0, 0.05) is 11.3 Å². The Balaban J connectivity index is 1.60. The Morgan fingerprint density at radius 2 is 1.83 bits per heavy atom. The van der Waals surface area contributed by atoms with E-state index in [1.54, 1.807) is 11.4 Å². The van der Waals surface area contributed by atoms with Crippen molar-refractivity contribution < 1.29 is 22.7 Å². The molecule has 3 nitrogen and oxygen atoms in total. The van der Waals surface area contributed by atoms with Crippen molar-refractivity contribution in [3.8, 4) is 5.75 Å². The first-order chi connectivity index (χ1) is 13.7. The predicted octanol–water partition coefficient (Wildman–Crippen LogP) is 6.72. The number of ether oxygens (including phenoxy) is 1. The van der Waals surface area contributed by atoms with Gasteiger partial charge in [-0.05, 0) is 53.3 Å². The highest BCUT2D eigenvalue weighted by atomic mass is 32.1. The van der Waals surface area contributed by atoms with Crippen LogP contribution in [0.4, 0.5) is 18.9 Å². The number of halogens is 3. The molecule has 1 amide bonds. The summed E-state index contributed by atoms with van der Waals surface area (Å²) in [6, 6.07) is 14.1. The van der Waals surface area contributed by atoms with Gasteiger partial charge < -0.3 is 10.1 Å². The molecule has 1 heterocycles. The first-order valence-electron chi connectivity index (χ1n) is 9.01. The first kappa shape index (κ1) is 20.9. The Kier molecular flexibility index (Phi) is 6.27. The van der Waals surface area contributed by atoms with Gasteiger partial charge in [0.05, 0.1) is 10.4 Å². The van der Waals surface area contributed by atoms with Gasteiger partial charge in [0.1, 0.15) is 12.4 Å². The molecule has 7 heteroatoms. The Hall–Kier alpha value is -2.80. The lowest BCUT2D eigenvalue weighted by atomic mass is 10.0. The third-order valence-corrected chi connectivity index (χ3v) is 5.26. The van der Waals surface area contributed by atoms with Crippen LogP contribution in [0, 0.1) is 0 Å². The number of nitrogens with one attached hydrogen (secondary N) is 1. The second-order valence-corrected chi connectivity index (χ2v) is 7.78. The van der Waals surface area contributed by atoms with Crippen molar-refractivity contribution in [3.05, 3.63) is 81.5 Å². The molecule has 0 atom stereocenters. The van der Waals surface area contributed by atoms with Gasteiger partial charge >= 0.3 is 6.18 Å². The average molecular weight is 419 g/mol. The van der Waals surface area contributed by atoms with Crippen molar-refractivity contribution in [2.75, 3.05) is 5.32 Å². The normalized spacial score (nSPS) is 11.5. The third-order valence-electron chi connectivity index (χ3n) is 4.28. The minimum Gasteiger partial charge on any atom is -0.489 e. The molecule has 0 radical (unpaired) electrons. The number of carbonyl (C=O) groups is 1. The van der Waals surface area contributed by atoms with E-state index in [-0.39, 0.29) is 5.69 Å². The average Bonchev–Trinajstić information content (AvgIpc) is 3.15. The zero-order valence-corrected chi connectivity index (χ0v) is 16.7. The fourth-order valence-corrected chi connectivity index (χ4v) is 3.44. The number of thiophene rings is 1. The molecule has 1 aromatic heterocycles. The summed E-state index contributed by atoms with van der Waals surface area (Å²) in [6.07, 6.45) is -4.46. The highest BCUT2D eigenvalue weighted by molar-refractivity contribution is 7.12. The quantitative estimate of drug-likeness (QED) is 0.482. The number of rotatable bonds is 6. The molecular weight excluding hydrogens is 399 g/mol. The standard InChI is InChI=1S/C22H20F3NO2S/c1-14(2)16-6-8-19(9-7-16)28-12-15-10-20(29-13-15)21(27)26-18-5-3-4-17(11-18)22(23,24)25/h3-11,13-14H,12H2,1-2H3,(H,26,27). The molecule has 152 valence electrons. The maximum atomic E-state index is 12.8. The Labute approximate surface area is 171 Å². The van der Waals surface area contributed by atoms with Crippen LogP contribution in [0.2, 0.25) is 0 Å². The summed E-state index contributed by atoms with van der Waals surface area (Å²) in [4.78, 5) is 12.7. The lowest BCUT2D eigenvalue weighted by molar-refractivity contribution is -0.137. The van der Waals surface area contributed by atoms with Crippen LogP contribution in [0.15, 0.2) is 60.0 Å². The number of alkyl halides is 3. The molecule has 0 spiro atoms. The number of amides is 1. The van der Waals surface area contributed by atoms with E-state index in [1.165, 1.54) is 29.0 Å². The molecule has 0 aliphatic carbocycles. The molecule has 0 saturated carbocycles. The molecule has 0 saturated heterocycles. The topological polar surface area (TPSA) is 38.3 Å². The number of anilines is 1. The van der Waals surface area contributed by atoms with Gasteiger partial charge in [0.2, 0.25) is 0 Å². The highest BCUT2D eigenvalue weighted by Crippen LogP contribution is 2.31. The molecule has 1 N–H and O–H groups in total. The van der Waals surface area contributed by atoms with Gasteiger partial charge in [-0.3, -0.25) is 4.79 Å². The largest absolute Gasteiger partial charge is 0.489 e. The molecule has 2 aromatic carbocycles. The Morgan fingerprint density at radius 1 is 1.10 bits per heavy atom. The van der Waals surface area contributed by atoms with Crippen molar-refractivity contribution in [1.29, 1.82) is 0 Å². The molecule has 3 rings (SSSR count). The van der Waals surface area contributed by atoms with Crippen molar-refractivity contribution in [2.45, 2.75) is 32.5 Å². The third kappa shape index (κ3) is 5.60. The van der Waals surface area contributed by atoms with Gasteiger partial charge in [-0.15, -0.1) is 11.3 Å². The van der Waals surface area contributed by atoms with Crippen LogP contribution in [0.3, 0.4) is 0 Å². The van der Waals surface area contributed by atoms with E-state index < -0.39 is 17.6 Å². The lowest BCUT2D eigenvalue weighted by Crippen LogP contribution is -2.12. The second-order valence-electron chi connectivity index (χ2n) is 6.86. The summed E-state index contributed by atoms with van der Waals surface area (Å²) in [6.45, 7) is 4.54. The van der Waals surface area contributed by atoms with Gasteiger partial charge in [0.15, 0.2) is 0 Å². The molecule has 0 bridgehead atoms. The summed E-state index contributed by atoms with van der Waals surface area (Å²) >= 11 is 1.21. The van der Waals surface area contributed by atoms with E-state index in [2.05, 4.69) is 19.2 Å². The summed E-state index contributed by atoms with van der Waals surface area (Å²) in [5, 5.41) is 4.30. The van der Waals surface area contributed by atoms with Crippen LogP contribution < -0.4 is 10.1 Å². The maximum Gasteiger partial charge on any atom is 0.416 e. The highest BCUT2D eigenvalue weighted by Gasteiger charge is 2.30. The van der Waals surface area contributed by atoms with Crippen LogP contribution in [-0.2, 0) is 12.8 Å². The van der Waals surface area contributed by atoms with E-state index in [0.29, 0.717) is 17.4 Å². The monoisotopic (exact) mass is 419 g/mol. The van der Waals surface area contributed by atoms with Gasteiger partial charge in [-0.1, -0.05) is 32.0 Å². The van der Waals surface area contributed by atoms with Crippen LogP contribution >= 0.6 is 11.3 Å². The second kappa shape index (κ2) is 8.69. The molecule has 29 heavy (non-hydrogen) atoms. The zero-order valence-electron chi connectivity index (χ0n) is 15.9. The minimum absolute atomic E-state index is 0.0984. The van der Waals surface area contributed by atoms with E-state index in [0.717, 1.165) is 23.4 Å². The summed E-state index contributed by atoms with van der Waals surface area (Å²) < 4.78 is 44.1. The molecule has 0 fully saturated rings. The molecular formula is C22H20F3NO2S. The fourth-order valence-electron chi connectivity index (χ4n) is 2.65. The van der Waals surface area contributed by atoms with Crippen LogP contribution in [-0.4, -0.2) is 5.91 Å². The smallest absolute Gasteiger partial charge is 0.416 e. The maximum absolute atomic E-state index is 12.8. The van der Waals surface area contributed by atoms with Crippen LogP contribution in [0.1, 0.15) is 46.1 Å². The molecule has 3 aromatic rings. The minimum atomic E-state index is -4.46. The van der Waals surface area contributed by atoms with E-state index >= 15 is 0 Å². The number of hydrogen-bond acceptors (Lipinski definition) is 3. The van der Waals surface area contributed by atoms with Crippen LogP contribution in [0.25, 0.3) is 0 Å². The summed E-state index contributed by atoms with van der Waals surface area (Å²) in [5.41, 5.74) is 1.33.